The molecule has 24 heavy (non-hydrogen) atoms. The highest BCUT2D eigenvalue weighted by Gasteiger charge is 2.32. The van der Waals surface area contributed by atoms with Gasteiger partial charge in [-0.1, -0.05) is 17.7 Å². The van der Waals surface area contributed by atoms with Gasteiger partial charge in [0.2, 0.25) is 15.9 Å². The Morgan fingerprint density at radius 3 is 2.46 bits per heavy atom. The lowest BCUT2D eigenvalue weighted by atomic mass is 10.1. The van der Waals surface area contributed by atoms with E-state index in [1.54, 1.807) is 24.3 Å². The van der Waals surface area contributed by atoms with Crippen LogP contribution in [0.25, 0.3) is 0 Å². The second-order valence-electron chi connectivity index (χ2n) is 5.96. The molecule has 1 aromatic carbocycles. The molecule has 9 heteroatoms. The first-order chi connectivity index (χ1) is 11.2. The number of nitrogens with one attached hydrogen (secondary N) is 2. The Morgan fingerprint density at radius 2 is 1.88 bits per heavy atom. The van der Waals surface area contributed by atoms with E-state index in [-0.39, 0.29) is 28.9 Å². The predicted octanol–water partition coefficient (Wildman–Crippen LogP) is 0.214. The summed E-state index contributed by atoms with van der Waals surface area (Å²) in [6, 6.07) is 6.54. The molecule has 0 spiro atoms. The van der Waals surface area contributed by atoms with Crippen molar-refractivity contribution in [1.29, 1.82) is 0 Å². The standard InChI is InChI=1S/C15H22N2O5S2/c1-12-3-5-14(6-4-12)24(21,22)17-9-2-8-16-15(18)13-7-10-23(19,20)11-13/h3-6,13,17H,2,7-11H2,1H3,(H,16,18). The number of sulfone groups is 1. The molecule has 1 amide bonds. The molecule has 1 aromatic rings. The number of amides is 1. The highest BCUT2D eigenvalue weighted by Crippen LogP contribution is 2.18. The Balaban J connectivity index is 1.71. The van der Waals surface area contributed by atoms with Gasteiger partial charge in [-0.25, -0.2) is 21.6 Å². The number of benzene rings is 1. The van der Waals surface area contributed by atoms with E-state index in [9.17, 15) is 21.6 Å². The number of hydrogen-bond acceptors (Lipinski definition) is 5. The fraction of sp³-hybridized carbons (Fsp3) is 0.533. The molecule has 1 heterocycles. The first kappa shape index (κ1) is 18.9. The summed E-state index contributed by atoms with van der Waals surface area (Å²) in [5.74, 6) is -0.808. The quantitative estimate of drug-likeness (QED) is 0.663. The first-order valence-electron chi connectivity index (χ1n) is 7.74. The Labute approximate surface area is 142 Å². The van der Waals surface area contributed by atoms with Crippen LogP contribution in [0.4, 0.5) is 0 Å². The largest absolute Gasteiger partial charge is 0.356 e. The van der Waals surface area contributed by atoms with Crippen LogP contribution in [-0.2, 0) is 24.7 Å². The van der Waals surface area contributed by atoms with Crippen molar-refractivity contribution in [2.75, 3.05) is 24.6 Å². The maximum Gasteiger partial charge on any atom is 0.240 e. The van der Waals surface area contributed by atoms with Gasteiger partial charge in [-0.05, 0) is 31.9 Å². The zero-order valence-corrected chi connectivity index (χ0v) is 15.1. The van der Waals surface area contributed by atoms with E-state index >= 15 is 0 Å². The van der Waals surface area contributed by atoms with Crippen LogP contribution >= 0.6 is 0 Å². The molecule has 1 unspecified atom stereocenters. The molecule has 0 saturated carbocycles. The minimum Gasteiger partial charge on any atom is -0.356 e. The van der Waals surface area contributed by atoms with Gasteiger partial charge < -0.3 is 5.32 Å². The third-order valence-corrected chi connectivity index (χ3v) is 7.12. The van der Waals surface area contributed by atoms with Gasteiger partial charge in [0.15, 0.2) is 9.84 Å². The molecule has 1 aliphatic heterocycles. The van der Waals surface area contributed by atoms with Crippen LogP contribution in [0.3, 0.4) is 0 Å². The Bertz CT molecular complexity index is 786. The van der Waals surface area contributed by atoms with Crippen molar-refractivity contribution in [1.82, 2.24) is 10.0 Å². The van der Waals surface area contributed by atoms with Crippen LogP contribution in [0.15, 0.2) is 29.2 Å². The van der Waals surface area contributed by atoms with Crippen molar-refractivity contribution in [3.63, 3.8) is 0 Å². The van der Waals surface area contributed by atoms with E-state index in [4.69, 9.17) is 0 Å². The lowest BCUT2D eigenvalue weighted by Crippen LogP contribution is -2.34. The summed E-state index contributed by atoms with van der Waals surface area (Å²) in [4.78, 5) is 12.0. The third kappa shape index (κ3) is 5.29. The van der Waals surface area contributed by atoms with Crippen molar-refractivity contribution in [2.45, 2.75) is 24.7 Å². The lowest BCUT2D eigenvalue weighted by Gasteiger charge is -2.10. The summed E-state index contributed by atoms with van der Waals surface area (Å²) in [6.07, 6.45) is 0.782. The van der Waals surface area contributed by atoms with Crippen molar-refractivity contribution in [2.24, 2.45) is 5.92 Å². The number of sulfonamides is 1. The Kier molecular flexibility index (Phi) is 6.00. The average molecular weight is 374 g/mol. The summed E-state index contributed by atoms with van der Waals surface area (Å²) in [5.41, 5.74) is 0.977. The highest BCUT2D eigenvalue weighted by molar-refractivity contribution is 7.91. The molecule has 0 bridgehead atoms. The van der Waals surface area contributed by atoms with Crippen molar-refractivity contribution < 1.29 is 21.6 Å². The number of aryl methyl sites for hydroxylation is 1. The van der Waals surface area contributed by atoms with Gasteiger partial charge in [-0.15, -0.1) is 0 Å². The molecule has 7 nitrogen and oxygen atoms in total. The van der Waals surface area contributed by atoms with E-state index in [0.29, 0.717) is 19.4 Å². The molecular weight excluding hydrogens is 352 g/mol. The summed E-state index contributed by atoms with van der Waals surface area (Å²) < 4.78 is 49.3. The third-order valence-electron chi connectivity index (χ3n) is 3.88. The summed E-state index contributed by atoms with van der Waals surface area (Å²) in [6.45, 7) is 2.37. The number of rotatable bonds is 7. The van der Waals surface area contributed by atoms with Crippen LogP contribution in [0, 0.1) is 12.8 Å². The lowest BCUT2D eigenvalue weighted by molar-refractivity contribution is -0.124. The predicted molar refractivity (Wildman–Crippen MR) is 90.8 cm³/mol. The van der Waals surface area contributed by atoms with Crippen LogP contribution in [0.1, 0.15) is 18.4 Å². The van der Waals surface area contributed by atoms with Crippen LogP contribution in [0.5, 0.6) is 0 Å². The van der Waals surface area contributed by atoms with E-state index < -0.39 is 25.8 Å². The molecule has 0 aliphatic carbocycles. The van der Waals surface area contributed by atoms with Crippen molar-refractivity contribution >= 4 is 25.8 Å². The summed E-state index contributed by atoms with van der Waals surface area (Å²) >= 11 is 0. The second kappa shape index (κ2) is 7.62. The SMILES string of the molecule is Cc1ccc(S(=O)(=O)NCCCNC(=O)C2CCS(=O)(=O)C2)cc1. The van der Waals surface area contributed by atoms with Gasteiger partial charge in [-0.3, -0.25) is 4.79 Å². The van der Waals surface area contributed by atoms with E-state index in [1.807, 2.05) is 6.92 Å². The maximum absolute atomic E-state index is 12.1. The van der Waals surface area contributed by atoms with E-state index in [2.05, 4.69) is 10.0 Å². The van der Waals surface area contributed by atoms with Gasteiger partial charge in [-0.2, -0.15) is 0 Å². The molecule has 2 N–H and O–H groups in total. The smallest absolute Gasteiger partial charge is 0.240 e. The zero-order valence-electron chi connectivity index (χ0n) is 13.5. The van der Waals surface area contributed by atoms with Crippen LogP contribution in [-0.4, -0.2) is 47.3 Å². The fourth-order valence-electron chi connectivity index (χ4n) is 2.45. The number of carbonyl (C=O) groups is 1. The molecule has 1 fully saturated rings. The molecule has 0 radical (unpaired) electrons. The molecule has 1 aliphatic rings. The van der Waals surface area contributed by atoms with Gasteiger partial charge in [0.25, 0.3) is 0 Å². The average Bonchev–Trinajstić information content (AvgIpc) is 2.87. The molecule has 1 saturated heterocycles. The van der Waals surface area contributed by atoms with Crippen LogP contribution < -0.4 is 10.0 Å². The summed E-state index contributed by atoms with van der Waals surface area (Å²) in [7, 11) is -6.63. The van der Waals surface area contributed by atoms with E-state index in [0.717, 1.165) is 5.56 Å². The van der Waals surface area contributed by atoms with Crippen molar-refractivity contribution in [3.05, 3.63) is 29.8 Å². The maximum atomic E-state index is 12.1. The fourth-order valence-corrected chi connectivity index (χ4v) is 5.27. The summed E-state index contributed by atoms with van der Waals surface area (Å²) in [5, 5.41) is 2.66. The van der Waals surface area contributed by atoms with Gasteiger partial charge >= 0.3 is 0 Å². The molecule has 0 aromatic heterocycles. The minimum atomic E-state index is -3.55. The van der Waals surface area contributed by atoms with Gasteiger partial charge in [0, 0.05) is 13.1 Å². The monoisotopic (exact) mass is 374 g/mol. The minimum absolute atomic E-state index is 0.0570. The van der Waals surface area contributed by atoms with Gasteiger partial charge in [0.05, 0.1) is 22.3 Å². The first-order valence-corrected chi connectivity index (χ1v) is 11.0. The number of hydrogen-bond donors (Lipinski definition) is 2. The highest BCUT2D eigenvalue weighted by atomic mass is 32.2. The molecular formula is C15H22N2O5S2. The Hall–Kier alpha value is -1.45. The molecule has 134 valence electrons. The second-order valence-corrected chi connectivity index (χ2v) is 9.95. The molecule has 1 atom stereocenters. The Morgan fingerprint density at radius 1 is 1.21 bits per heavy atom. The topological polar surface area (TPSA) is 109 Å². The van der Waals surface area contributed by atoms with Crippen LogP contribution in [0.2, 0.25) is 0 Å². The normalized spacial score (nSPS) is 20.0. The van der Waals surface area contributed by atoms with E-state index in [1.165, 1.54) is 0 Å². The zero-order chi connectivity index (χ0) is 17.8. The van der Waals surface area contributed by atoms with Gasteiger partial charge in [0.1, 0.15) is 0 Å². The number of carbonyl (C=O) groups excluding carboxylic acids is 1. The molecule has 2 rings (SSSR count). The van der Waals surface area contributed by atoms with Crippen molar-refractivity contribution in [3.8, 4) is 0 Å².